The molecule has 1 aliphatic heterocycles. The van der Waals surface area contributed by atoms with Crippen molar-refractivity contribution < 1.29 is 5.11 Å². The summed E-state index contributed by atoms with van der Waals surface area (Å²) in [5.74, 6) is 0.117. The highest BCUT2D eigenvalue weighted by Gasteiger charge is 2.22. The van der Waals surface area contributed by atoms with E-state index in [2.05, 4.69) is 25.3 Å². The number of likely N-dealkylation sites (N-methyl/N-ethyl adjacent to an activating group) is 1. The van der Waals surface area contributed by atoms with E-state index in [1.807, 2.05) is 38.6 Å². The topological polar surface area (TPSA) is 79.1 Å². The fourth-order valence-electron chi connectivity index (χ4n) is 3.99. The van der Waals surface area contributed by atoms with Crippen LogP contribution in [0.3, 0.4) is 0 Å². The van der Waals surface area contributed by atoms with E-state index in [9.17, 15) is 5.11 Å². The molecule has 0 radical (unpaired) electrons. The highest BCUT2D eigenvalue weighted by Crippen LogP contribution is 2.36. The van der Waals surface area contributed by atoms with Crippen molar-refractivity contribution >= 4 is 39.2 Å². The number of fused-ring (bicyclic) bond motifs is 2. The molecule has 0 aliphatic carbocycles. The second-order valence-corrected chi connectivity index (χ2v) is 7.91. The number of halogens is 1. The zero-order valence-electron chi connectivity index (χ0n) is 16.2. The number of phenols is 1. The lowest BCUT2D eigenvalue weighted by Gasteiger charge is -2.19. The summed E-state index contributed by atoms with van der Waals surface area (Å²) in [7, 11) is 3.84. The van der Waals surface area contributed by atoms with E-state index in [4.69, 9.17) is 11.6 Å². The van der Waals surface area contributed by atoms with Crippen LogP contribution < -0.4 is 10.2 Å². The predicted octanol–water partition coefficient (Wildman–Crippen LogP) is 3.34. The van der Waals surface area contributed by atoms with Crippen molar-refractivity contribution in [3.63, 3.8) is 0 Å². The van der Waals surface area contributed by atoms with Gasteiger partial charge in [-0.1, -0.05) is 11.6 Å². The lowest BCUT2D eigenvalue weighted by atomic mass is 10.1. The monoisotopic (exact) mass is 408 g/mol. The van der Waals surface area contributed by atoms with Crippen LogP contribution in [0.25, 0.3) is 33.2 Å². The van der Waals surface area contributed by atoms with Gasteiger partial charge in [0.2, 0.25) is 0 Å². The number of nitrogens with one attached hydrogen (secondary N) is 1. The zero-order valence-corrected chi connectivity index (χ0v) is 17.0. The molecule has 4 heterocycles. The summed E-state index contributed by atoms with van der Waals surface area (Å²) in [5, 5.41) is 20.5. The molecule has 7 nitrogen and oxygen atoms in total. The van der Waals surface area contributed by atoms with Crippen molar-refractivity contribution in [1.82, 2.24) is 25.1 Å². The third-order valence-corrected chi connectivity index (χ3v) is 5.89. The molecule has 8 heteroatoms. The summed E-state index contributed by atoms with van der Waals surface area (Å²) in [6, 6.07) is 7.84. The molecule has 4 aromatic rings. The molecule has 1 aliphatic rings. The summed E-state index contributed by atoms with van der Waals surface area (Å²) < 4.78 is 1.72. The molecular weight excluding hydrogens is 388 g/mol. The van der Waals surface area contributed by atoms with Crippen molar-refractivity contribution in [3.05, 3.63) is 41.7 Å². The molecule has 0 saturated carbocycles. The number of aryl methyl sites for hydroxylation is 1. The summed E-state index contributed by atoms with van der Waals surface area (Å²) in [4.78, 5) is 11.5. The molecule has 1 fully saturated rings. The second-order valence-electron chi connectivity index (χ2n) is 7.51. The van der Waals surface area contributed by atoms with Crippen LogP contribution in [-0.2, 0) is 7.05 Å². The lowest BCUT2D eigenvalue weighted by Crippen LogP contribution is -2.29. The van der Waals surface area contributed by atoms with Gasteiger partial charge in [0.25, 0.3) is 0 Å². The Morgan fingerprint density at radius 2 is 2.10 bits per heavy atom. The van der Waals surface area contributed by atoms with Crippen LogP contribution in [0.5, 0.6) is 5.75 Å². The molecule has 148 valence electrons. The summed E-state index contributed by atoms with van der Waals surface area (Å²) in [6.45, 7) is 1.94. The van der Waals surface area contributed by atoms with Gasteiger partial charge in [0.05, 0.1) is 28.1 Å². The molecule has 1 atom stereocenters. The lowest BCUT2D eigenvalue weighted by molar-refractivity contribution is 0.478. The zero-order chi connectivity index (χ0) is 20.1. The fraction of sp³-hybridized carbons (Fsp3) is 0.286. The largest absolute Gasteiger partial charge is 0.507 e. The summed E-state index contributed by atoms with van der Waals surface area (Å²) >= 11 is 6.61. The molecule has 1 aromatic carbocycles. The second kappa shape index (κ2) is 6.86. The number of benzene rings is 1. The Kier molecular flexibility index (Phi) is 4.29. The van der Waals surface area contributed by atoms with Gasteiger partial charge in [-0.05, 0) is 31.7 Å². The Morgan fingerprint density at radius 1 is 1.24 bits per heavy atom. The van der Waals surface area contributed by atoms with E-state index in [1.165, 1.54) is 0 Å². The number of nitrogens with zero attached hydrogens (tertiary/aromatic N) is 5. The molecule has 29 heavy (non-hydrogen) atoms. The maximum Gasteiger partial charge on any atom is 0.161 e. The number of rotatable bonds is 3. The molecule has 3 aromatic heterocycles. The SMILES string of the molecule is CNC1CCN(c2cnc3nc(-c4cc5cn(C)nc5cc4O)cc(Cl)c3c2)C1. The maximum absolute atomic E-state index is 10.5. The molecule has 1 unspecified atom stereocenters. The molecule has 1 saturated heterocycles. The van der Waals surface area contributed by atoms with Gasteiger partial charge in [-0.15, -0.1) is 0 Å². The van der Waals surface area contributed by atoms with Gasteiger partial charge in [-0.2, -0.15) is 5.10 Å². The van der Waals surface area contributed by atoms with Gasteiger partial charge in [0.15, 0.2) is 5.65 Å². The minimum absolute atomic E-state index is 0.117. The van der Waals surface area contributed by atoms with Crippen molar-refractivity contribution in [1.29, 1.82) is 0 Å². The Hall–Kier alpha value is -2.90. The average Bonchev–Trinajstić information content (AvgIpc) is 3.32. The fourth-order valence-corrected chi connectivity index (χ4v) is 4.23. The van der Waals surface area contributed by atoms with Crippen LogP contribution in [0.1, 0.15) is 6.42 Å². The summed E-state index contributed by atoms with van der Waals surface area (Å²) in [5.41, 5.74) is 3.53. The van der Waals surface area contributed by atoms with E-state index in [0.29, 0.717) is 28.0 Å². The minimum Gasteiger partial charge on any atom is -0.507 e. The van der Waals surface area contributed by atoms with Gasteiger partial charge in [-0.3, -0.25) is 4.68 Å². The number of anilines is 1. The Morgan fingerprint density at radius 3 is 2.90 bits per heavy atom. The van der Waals surface area contributed by atoms with Crippen LogP contribution in [0.4, 0.5) is 5.69 Å². The highest BCUT2D eigenvalue weighted by molar-refractivity contribution is 6.35. The first-order valence-electron chi connectivity index (χ1n) is 9.57. The maximum atomic E-state index is 10.5. The van der Waals surface area contributed by atoms with Gasteiger partial charge in [0, 0.05) is 54.8 Å². The van der Waals surface area contributed by atoms with Crippen molar-refractivity contribution in [2.75, 3.05) is 25.0 Å². The standard InChI is InChI=1S/C21H21ClN6O/c1-23-13-3-4-28(11-13)14-6-15-17(22)7-19(25-21(15)24-9-14)16-5-12-10-27(2)26-18(12)8-20(16)29/h5-10,13,23,29H,3-4,11H2,1-2H3. The Balaban J connectivity index is 1.57. The van der Waals surface area contributed by atoms with Crippen molar-refractivity contribution in [2.45, 2.75) is 12.5 Å². The Bertz CT molecular complexity index is 1240. The van der Waals surface area contributed by atoms with Gasteiger partial charge in [0.1, 0.15) is 5.75 Å². The normalized spacial score (nSPS) is 16.9. The number of aromatic nitrogens is 4. The van der Waals surface area contributed by atoms with Crippen LogP contribution in [-0.4, -0.2) is 51.0 Å². The molecular formula is C21H21ClN6O. The van der Waals surface area contributed by atoms with E-state index in [1.54, 1.807) is 16.8 Å². The number of pyridine rings is 2. The molecule has 0 bridgehead atoms. The highest BCUT2D eigenvalue weighted by atomic mass is 35.5. The number of aromatic hydroxyl groups is 1. The van der Waals surface area contributed by atoms with Gasteiger partial charge in [-0.25, -0.2) is 9.97 Å². The summed E-state index contributed by atoms with van der Waals surface area (Å²) in [6.07, 6.45) is 4.85. The number of hydrogen-bond acceptors (Lipinski definition) is 6. The average molecular weight is 409 g/mol. The van der Waals surface area contributed by atoms with Crippen LogP contribution in [0.2, 0.25) is 5.02 Å². The third kappa shape index (κ3) is 3.16. The number of phenolic OH excluding ortho intramolecular Hbond substituents is 1. The predicted molar refractivity (Wildman–Crippen MR) is 116 cm³/mol. The number of hydrogen-bond donors (Lipinski definition) is 2. The quantitative estimate of drug-likeness (QED) is 0.541. The third-order valence-electron chi connectivity index (χ3n) is 5.57. The first kappa shape index (κ1) is 18.1. The van der Waals surface area contributed by atoms with Crippen molar-refractivity contribution in [3.8, 4) is 17.0 Å². The van der Waals surface area contributed by atoms with Crippen LogP contribution >= 0.6 is 11.6 Å². The van der Waals surface area contributed by atoms with E-state index in [-0.39, 0.29) is 5.75 Å². The first-order chi connectivity index (χ1) is 14.0. The van der Waals surface area contributed by atoms with E-state index in [0.717, 1.165) is 41.5 Å². The van der Waals surface area contributed by atoms with Crippen molar-refractivity contribution in [2.24, 2.45) is 7.05 Å². The van der Waals surface area contributed by atoms with E-state index >= 15 is 0 Å². The van der Waals surface area contributed by atoms with Crippen LogP contribution in [0.15, 0.2) is 36.7 Å². The first-order valence-corrected chi connectivity index (χ1v) is 9.95. The molecule has 5 rings (SSSR count). The Labute approximate surface area is 172 Å². The minimum atomic E-state index is 0.117. The molecule has 0 spiro atoms. The molecule has 0 amide bonds. The smallest absolute Gasteiger partial charge is 0.161 e. The molecule has 2 N–H and O–H groups in total. The van der Waals surface area contributed by atoms with Gasteiger partial charge < -0.3 is 15.3 Å². The van der Waals surface area contributed by atoms with Gasteiger partial charge >= 0.3 is 0 Å². The van der Waals surface area contributed by atoms with Crippen LogP contribution in [0, 0.1) is 0 Å². The van der Waals surface area contributed by atoms with E-state index < -0.39 is 0 Å².